The van der Waals surface area contributed by atoms with Crippen molar-refractivity contribution < 1.29 is 13.9 Å². The van der Waals surface area contributed by atoms with Crippen LogP contribution in [-0.4, -0.2) is 15.5 Å². The highest BCUT2D eigenvalue weighted by molar-refractivity contribution is 14.1. The lowest BCUT2D eigenvalue weighted by Crippen LogP contribution is -2.25. The lowest BCUT2D eigenvalue weighted by atomic mass is 10.2. The summed E-state index contributed by atoms with van der Waals surface area (Å²) < 4.78 is 21.9. The zero-order chi connectivity index (χ0) is 20.4. The monoisotopic (exact) mass is 494 g/mol. The maximum atomic E-state index is 14.3. The highest BCUT2D eigenvalue weighted by Crippen LogP contribution is 2.32. The van der Waals surface area contributed by atoms with Gasteiger partial charge < -0.3 is 15.8 Å². The summed E-state index contributed by atoms with van der Waals surface area (Å²) in [7, 11) is 1.45. The molecule has 0 spiro atoms. The van der Waals surface area contributed by atoms with Crippen LogP contribution in [-0.2, 0) is 7.05 Å². The van der Waals surface area contributed by atoms with Crippen molar-refractivity contribution in [1.82, 2.24) is 9.55 Å². The molecule has 28 heavy (non-hydrogen) atoms. The zero-order valence-corrected chi connectivity index (χ0v) is 17.2. The number of carbonyl (C=O) groups is 1. The van der Waals surface area contributed by atoms with Crippen molar-refractivity contribution in [2.24, 2.45) is 12.8 Å². The van der Waals surface area contributed by atoms with Gasteiger partial charge in [-0.2, -0.15) is 0 Å². The largest absolute Gasteiger partial charge is 0.454 e. The predicted octanol–water partition coefficient (Wildman–Crippen LogP) is 3.47. The van der Waals surface area contributed by atoms with Crippen molar-refractivity contribution in [3.05, 3.63) is 73.6 Å². The minimum absolute atomic E-state index is 0.0247. The van der Waals surface area contributed by atoms with Gasteiger partial charge in [0.2, 0.25) is 0 Å². The number of hydrogen-bond donors (Lipinski definition) is 2. The molecule has 0 bridgehead atoms. The van der Waals surface area contributed by atoms with Crippen LogP contribution in [0.4, 0.5) is 15.9 Å². The van der Waals surface area contributed by atoms with Crippen LogP contribution in [0.5, 0.6) is 11.5 Å². The highest BCUT2D eigenvalue weighted by Gasteiger charge is 2.22. The van der Waals surface area contributed by atoms with Crippen LogP contribution in [0.15, 0.2) is 47.4 Å². The third kappa shape index (κ3) is 3.98. The molecule has 0 aliphatic heterocycles. The number of nitrogens with one attached hydrogen (secondary N) is 1. The van der Waals surface area contributed by atoms with Crippen LogP contribution in [0.3, 0.4) is 0 Å². The van der Waals surface area contributed by atoms with Crippen LogP contribution in [0.2, 0.25) is 0 Å². The fraction of sp³-hybridized carbons (Fsp3) is 0.105. The summed E-state index contributed by atoms with van der Waals surface area (Å²) in [4.78, 5) is 28.7. The molecular weight excluding hydrogens is 478 g/mol. The Kier molecular flexibility index (Phi) is 5.63. The van der Waals surface area contributed by atoms with Gasteiger partial charge >= 0.3 is 0 Å². The summed E-state index contributed by atoms with van der Waals surface area (Å²) >= 11 is 1.98. The van der Waals surface area contributed by atoms with Crippen molar-refractivity contribution >= 4 is 40.0 Å². The summed E-state index contributed by atoms with van der Waals surface area (Å²) in [6.07, 6.45) is 1.59. The van der Waals surface area contributed by atoms with Gasteiger partial charge in [0.15, 0.2) is 0 Å². The fourth-order valence-corrected chi connectivity index (χ4v) is 3.01. The van der Waals surface area contributed by atoms with E-state index in [2.05, 4.69) is 10.3 Å². The number of amides is 1. The summed E-state index contributed by atoms with van der Waals surface area (Å²) in [6, 6.07) is 8.98. The Morgan fingerprint density at radius 1 is 1.29 bits per heavy atom. The molecule has 0 saturated heterocycles. The molecule has 0 atom stereocenters. The number of hydrogen-bond acceptors (Lipinski definition) is 5. The van der Waals surface area contributed by atoms with Crippen molar-refractivity contribution in [2.45, 2.75) is 6.92 Å². The fourth-order valence-electron chi connectivity index (χ4n) is 2.55. The van der Waals surface area contributed by atoms with E-state index in [0.29, 0.717) is 15.0 Å². The van der Waals surface area contributed by atoms with E-state index in [4.69, 9.17) is 10.5 Å². The number of nitrogens with zero attached hydrogens (tertiary/aromatic N) is 2. The topological polar surface area (TPSA) is 99.2 Å². The van der Waals surface area contributed by atoms with E-state index in [-0.39, 0.29) is 22.8 Å². The third-order valence-corrected chi connectivity index (χ3v) is 4.68. The average Bonchev–Trinajstić information content (AvgIpc) is 2.63. The van der Waals surface area contributed by atoms with Crippen LogP contribution >= 0.6 is 22.6 Å². The van der Waals surface area contributed by atoms with E-state index in [1.807, 2.05) is 22.6 Å². The molecule has 0 aliphatic rings. The minimum Gasteiger partial charge on any atom is -0.454 e. The average molecular weight is 494 g/mol. The number of anilines is 2. The van der Waals surface area contributed by atoms with Gasteiger partial charge in [-0.25, -0.2) is 4.39 Å². The molecule has 0 aliphatic carbocycles. The molecule has 9 heteroatoms. The van der Waals surface area contributed by atoms with E-state index >= 15 is 0 Å². The second-order valence-electron chi connectivity index (χ2n) is 5.93. The normalized spacial score (nSPS) is 10.6. The van der Waals surface area contributed by atoms with Gasteiger partial charge in [0.25, 0.3) is 11.5 Å². The Balaban J connectivity index is 2.16. The number of rotatable bonds is 5. The molecule has 2 heterocycles. The van der Waals surface area contributed by atoms with Crippen molar-refractivity contribution in [3.8, 4) is 11.5 Å². The van der Waals surface area contributed by atoms with Crippen molar-refractivity contribution in [1.29, 1.82) is 0 Å². The molecule has 7 nitrogen and oxygen atoms in total. The quantitative estimate of drug-likeness (QED) is 0.530. The maximum absolute atomic E-state index is 14.3. The Morgan fingerprint density at radius 3 is 2.68 bits per heavy atom. The number of carbonyl (C=O) groups excluding carboxylic acids is 1. The summed E-state index contributed by atoms with van der Waals surface area (Å²) in [6.45, 7) is 1.72. The first kappa shape index (κ1) is 19.8. The van der Waals surface area contributed by atoms with Gasteiger partial charge in [0, 0.05) is 22.9 Å². The molecule has 1 amide bonds. The number of ether oxygens (including phenoxy) is 1. The van der Waals surface area contributed by atoms with Crippen LogP contribution in [0, 0.1) is 16.3 Å². The molecular formula is C19H16FIN4O3. The molecule has 3 aromatic rings. The number of pyridine rings is 2. The number of primary amides is 1. The summed E-state index contributed by atoms with van der Waals surface area (Å²) in [5.74, 6) is -1.02. The third-order valence-electron chi connectivity index (χ3n) is 4.01. The van der Waals surface area contributed by atoms with E-state index in [1.165, 1.54) is 23.7 Å². The van der Waals surface area contributed by atoms with Crippen LogP contribution < -0.4 is 21.3 Å². The molecule has 2 aromatic heterocycles. The number of aromatic nitrogens is 2. The van der Waals surface area contributed by atoms with Gasteiger partial charge in [0.1, 0.15) is 28.7 Å². The first-order valence-electron chi connectivity index (χ1n) is 8.13. The minimum atomic E-state index is -0.833. The van der Waals surface area contributed by atoms with E-state index in [9.17, 15) is 14.0 Å². The van der Waals surface area contributed by atoms with Gasteiger partial charge in [-0.3, -0.25) is 19.1 Å². The lowest BCUT2D eigenvalue weighted by Gasteiger charge is -2.18. The zero-order valence-electron chi connectivity index (χ0n) is 15.0. The number of aryl methyl sites for hydroxylation is 1. The summed E-state index contributed by atoms with van der Waals surface area (Å²) in [5.41, 5.74) is 5.67. The van der Waals surface area contributed by atoms with E-state index in [0.717, 1.165) is 6.07 Å². The van der Waals surface area contributed by atoms with Crippen molar-refractivity contribution in [3.63, 3.8) is 0 Å². The highest BCUT2D eigenvalue weighted by atomic mass is 127. The Hall–Kier alpha value is -2.95. The SMILES string of the molecule is Cc1ncccc1Oc1cc(=O)n(C)c(Nc2ccc(I)cc2F)c1C(N)=O. The Labute approximate surface area is 173 Å². The second-order valence-corrected chi connectivity index (χ2v) is 7.18. The van der Waals surface area contributed by atoms with Crippen LogP contribution in [0.25, 0.3) is 0 Å². The maximum Gasteiger partial charge on any atom is 0.256 e. The van der Waals surface area contributed by atoms with Crippen molar-refractivity contribution in [2.75, 3.05) is 5.32 Å². The van der Waals surface area contributed by atoms with Crippen LogP contribution in [0.1, 0.15) is 16.1 Å². The Bertz CT molecular complexity index is 1130. The standard InChI is InChI=1S/C19H16FIN4O3/c1-10-14(4-3-7-23-10)28-15-9-16(26)25(2)19(17(15)18(22)27)24-13-6-5-11(21)8-12(13)20/h3-9,24H,1-2H3,(H2,22,27). The molecule has 1 aromatic carbocycles. The first-order chi connectivity index (χ1) is 13.3. The van der Waals surface area contributed by atoms with Gasteiger partial charge in [-0.05, 0) is 59.8 Å². The number of benzene rings is 1. The molecule has 0 saturated carbocycles. The smallest absolute Gasteiger partial charge is 0.256 e. The first-order valence-corrected chi connectivity index (χ1v) is 9.21. The number of halogens is 2. The van der Waals surface area contributed by atoms with Gasteiger partial charge in [0.05, 0.1) is 11.4 Å². The predicted molar refractivity (Wildman–Crippen MR) is 112 cm³/mol. The van der Waals surface area contributed by atoms with E-state index < -0.39 is 17.3 Å². The molecule has 0 unspecified atom stereocenters. The number of nitrogens with two attached hydrogens (primary N) is 1. The second kappa shape index (κ2) is 7.97. The molecule has 3 N–H and O–H groups in total. The molecule has 0 fully saturated rings. The molecule has 144 valence electrons. The van der Waals surface area contributed by atoms with Gasteiger partial charge in [-0.15, -0.1) is 0 Å². The van der Waals surface area contributed by atoms with Gasteiger partial charge in [-0.1, -0.05) is 0 Å². The molecule has 0 radical (unpaired) electrons. The molecule has 3 rings (SSSR count). The summed E-state index contributed by atoms with van der Waals surface area (Å²) in [5, 5.41) is 2.79. The lowest BCUT2D eigenvalue weighted by molar-refractivity contribution is 0.0998. The Morgan fingerprint density at radius 2 is 2.04 bits per heavy atom. The van der Waals surface area contributed by atoms with E-state index in [1.54, 1.807) is 31.3 Å².